The second kappa shape index (κ2) is 6.35. The smallest absolute Gasteiger partial charge is 0.275 e. The molecule has 0 saturated carbocycles. The first-order chi connectivity index (χ1) is 7.22. The van der Waals surface area contributed by atoms with Crippen molar-refractivity contribution >= 4 is 17.9 Å². The van der Waals surface area contributed by atoms with E-state index in [0.717, 1.165) is 12.2 Å². The lowest BCUT2D eigenvalue weighted by molar-refractivity contribution is 0.261. The number of carbonyl (C=O) groups excluding carboxylic acids is 1. The van der Waals surface area contributed by atoms with E-state index in [1.807, 2.05) is 31.2 Å². The van der Waals surface area contributed by atoms with Crippen LogP contribution >= 0.6 is 12.6 Å². The Morgan fingerprint density at radius 1 is 1.40 bits per heavy atom. The SMILES string of the molecule is CCOc1ccc(CCNC(=O)S)cc1. The summed E-state index contributed by atoms with van der Waals surface area (Å²) in [5.74, 6) is 0.875. The Morgan fingerprint density at radius 2 is 2.07 bits per heavy atom. The lowest BCUT2D eigenvalue weighted by atomic mass is 10.1. The van der Waals surface area contributed by atoms with Gasteiger partial charge in [0.05, 0.1) is 6.61 Å². The summed E-state index contributed by atoms with van der Waals surface area (Å²) >= 11 is 3.62. The fourth-order valence-corrected chi connectivity index (χ4v) is 1.34. The van der Waals surface area contributed by atoms with Crippen molar-refractivity contribution in [2.24, 2.45) is 0 Å². The fraction of sp³-hybridized carbons (Fsp3) is 0.364. The average Bonchev–Trinajstić information content (AvgIpc) is 2.20. The molecule has 0 unspecified atom stereocenters. The molecule has 4 heteroatoms. The van der Waals surface area contributed by atoms with E-state index in [2.05, 4.69) is 17.9 Å². The van der Waals surface area contributed by atoms with Crippen LogP contribution in [0.5, 0.6) is 5.75 Å². The molecule has 0 bridgehead atoms. The van der Waals surface area contributed by atoms with E-state index in [0.29, 0.717) is 13.2 Å². The first kappa shape index (κ1) is 11.9. The monoisotopic (exact) mass is 225 g/mol. The molecule has 15 heavy (non-hydrogen) atoms. The largest absolute Gasteiger partial charge is 0.494 e. The van der Waals surface area contributed by atoms with Crippen molar-refractivity contribution < 1.29 is 9.53 Å². The van der Waals surface area contributed by atoms with E-state index in [-0.39, 0.29) is 5.24 Å². The molecule has 0 aliphatic rings. The number of amides is 1. The summed E-state index contributed by atoms with van der Waals surface area (Å²) in [5, 5.41) is 2.34. The van der Waals surface area contributed by atoms with Crippen molar-refractivity contribution in [2.75, 3.05) is 13.2 Å². The molecule has 3 nitrogen and oxygen atoms in total. The lowest BCUT2D eigenvalue weighted by Crippen LogP contribution is -2.19. The van der Waals surface area contributed by atoms with Crippen LogP contribution in [0.25, 0.3) is 0 Å². The third-order valence-electron chi connectivity index (χ3n) is 1.92. The van der Waals surface area contributed by atoms with E-state index >= 15 is 0 Å². The molecule has 0 heterocycles. The second-order valence-electron chi connectivity index (χ2n) is 3.06. The van der Waals surface area contributed by atoms with Crippen molar-refractivity contribution in [3.63, 3.8) is 0 Å². The maximum Gasteiger partial charge on any atom is 0.275 e. The van der Waals surface area contributed by atoms with Gasteiger partial charge in [-0.2, -0.15) is 0 Å². The van der Waals surface area contributed by atoms with Crippen molar-refractivity contribution in [1.82, 2.24) is 5.32 Å². The van der Waals surface area contributed by atoms with Crippen LogP contribution in [0.3, 0.4) is 0 Å². The van der Waals surface area contributed by atoms with Crippen LogP contribution in [0.4, 0.5) is 4.79 Å². The number of hydrogen-bond acceptors (Lipinski definition) is 2. The van der Waals surface area contributed by atoms with Gasteiger partial charge in [0, 0.05) is 6.54 Å². The van der Waals surface area contributed by atoms with Gasteiger partial charge in [0.25, 0.3) is 5.24 Å². The van der Waals surface area contributed by atoms with Crippen molar-refractivity contribution in [3.8, 4) is 5.75 Å². The summed E-state index contributed by atoms with van der Waals surface area (Å²) in [5.41, 5.74) is 1.17. The van der Waals surface area contributed by atoms with Crippen LogP contribution in [-0.2, 0) is 6.42 Å². The number of benzene rings is 1. The number of thiol groups is 1. The molecule has 1 aromatic carbocycles. The predicted molar refractivity (Wildman–Crippen MR) is 63.7 cm³/mol. The van der Waals surface area contributed by atoms with Gasteiger partial charge in [-0.05, 0) is 31.0 Å². The fourth-order valence-electron chi connectivity index (χ4n) is 1.23. The zero-order chi connectivity index (χ0) is 11.1. The molecule has 1 aromatic rings. The van der Waals surface area contributed by atoms with E-state index in [1.54, 1.807) is 0 Å². The number of ether oxygens (including phenoxy) is 1. The van der Waals surface area contributed by atoms with Gasteiger partial charge in [0.2, 0.25) is 0 Å². The van der Waals surface area contributed by atoms with Crippen LogP contribution < -0.4 is 10.1 Å². The highest BCUT2D eigenvalue weighted by molar-refractivity contribution is 7.96. The molecule has 1 rings (SSSR count). The highest BCUT2D eigenvalue weighted by Crippen LogP contribution is 2.12. The Labute approximate surface area is 95.2 Å². The minimum atomic E-state index is -0.291. The minimum absolute atomic E-state index is 0.291. The molecule has 0 spiro atoms. The van der Waals surface area contributed by atoms with E-state index in [9.17, 15) is 4.79 Å². The second-order valence-corrected chi connectivity index (χ2v) is 3.47. The van der Waals surface area contributed by atoms with E-state index in [4.69, 9.17) is 4.74 Å². The molecule has 0 atom stereocenters. The van der Waals surface area contributed by atoms with Gasteiger partial charge in [-0.15, -0.1) is 0 Å². The number of carbonyl (C=O) groups is 1. The molecule has 0 saturated heterocycles. The van der Waals surface area contributed by atoms with Gasteiger partial charge in [-0.3, -0.25) is 4.79 Å². The summed E-state index contributed by atoms with van der Waals surface area (Å²) in [7, 11) is 0. The summed E-state index contributed by atoms with van der Waals surface area (Å²) in [4.78, 5) is 10.5. The topological polar surface area (TPSA) is 38.3 Å². The Bertz CT molecular complexity index is 311. The standard InChI is InChI=1S/C11H15NO2S/c1-2-14-10-5-3-9(4-6-10)7-8-12-11(13)15/h3-6H,2,7-8H2,1H3,(H2,12,13,15). The number of nitrogens with one attached hydrogen (secondary N) is 1. The maximum atomic E-state index is 10.5. The Morgan fingerprint density at radius 3 is 2.60 bits per heavy atom. The van der Waals surface area contributed by atoms with Gasteiger partial charge in [-0.1, -0.05) is 24.8 Å². The summed E-state index contributed by atoms with van der Waals surface area (Å²) in [6.45, 7) is 3.24. The van der Waals surface area contributed by atoms with Gasteiger partial charge >= 0.3 is 0 Å². The van der Waals surface area contributed by atoms with Crippen LogP contribution in [0.15, 0.2) is 24.3 Å². The molecule has 0 fully saturated rings. The zero-order valence-electron chi connectivity index (χ0n) is 8.69. The van der Waals surface area contributed by atoms with Gasteiger partial charge in [0.15, 0.2) is 0 Å². The Kier molecular flexibility index (Phi) is 5.04. The molecule has 1 N–H and O–H groups in total. The molecular formula is C11H15NO2S. The molecule has 0 aromatic heterocycles. The minimum Gasteiger partial charge on any atom is -0.494 e. The Balaban J connectivity index is 2.39. The van der Waals surface area contributed by atoms with Crippen LogP contribution in [0.1, 0.15) is 12.5 Å². The Hall–Kier alpha value is -1.16. The molecule has 0 aliphatic carbocycles. The van der Waals surface area contributed by atoms with Crippen molar-refractivity contribution in [2.45, 2.75) is 13.3 Å². The summed E-state index contributed by atoms with van der Waals surface area (Å²) in [6, 6.07) is 7.86. The third kappa shape index (κ3) is 4.74. The maximum absolute atomic E-state index is 10.5. The first-order valence-electron chi connectivity index (χ1n) is 4.91. The molecule has 0 radical (unpaired) electrons. The highest BCUT2D eigenvalue weighted by Gasteiger charge is 1.96. The van der Waals surface area contributed by atoms with Crippen molar-refractivity contribution in [1.29, 1.82) is 0 Å². The molecule has 82 valence electrons. The van der Waals surface area contributed by atoms with Crippen LogP contribution in [0, 0.1) is 0 Å². The quantitative estimate of drug-likeness (QED) is 0.754. The van der Waals surface area contributed by atoms with E-state index in [1.165, 1.54) is 5.56 Å². The molecular weight excluding hydrogens is 210 g/mol. The lowest BCUT2D eigenvalue weighted by Gasteiger charge is -2.05. The normalized spacial score (nSPS) is 9.73. The van der Waals surface area contributed by atoms with Crippen LogP contribution in [0.2, 0.25) is 0 Å². The highest BCUT2D eigenvalue weighted by atomic mass is 32.1. The zero-order valence-corrected chi connectivity index (χ0v) is 9.59. The van der Waals surface area contributed by atoms with Gasteiger partial charge in [-0.25, -0.2) is 0 Å². The van der Waals surface area contributed by atoms with Crippen molar-refractivity contribution in [3.05, 3.63) is 29.8 Å². The summed E-state index contributed by atoms with van der Waals surface area (Å²) in [6.07, 6.45) is 0.804. The van der Waals surface area contributed by atoms with Gasteiger partial charge in [0.1, 0.15) is 5.75 Å². The molecule has 0 aliphatic heterocycles. The summed E-state index contributed by atoms with van der Waals surface area (Å²) < 4.78 is 5.32. The predicted octanol–water partition coefficient (Wildman–Crippen LogP) is 2.27. The first-order valence-corrected chi connectivity index (χ1v) is 5.35. The number of hydrogen-bond donors (Lipinski definition) is 2. The average molecular weight is 225 g/mol. The van der Waals surface area contributed by atoms with Gasteiger partial charge < -0.3 is 10.1 Å². The number of rotatable bonds is 5. The van der Waals surface area contributed by atoms with Crippen LogP contribution in [-0.4, -0.2) is 18.4 Å². The van der Waals surface area contributed by atoms with E-state index < -0.39 is 0 Å². The third-order valence-corrected chi connectivity index (χ3v) is 2.08. The molecule has 1 amide bonds.